The molecular formula is C17H20N3O4. The van der Waals surface area contributed by atoms with Gasteiger partial charge in [0.25, 0.3) is 5.91 Å². The van der Waals surface area contributed by atoms with Crippen molar-refractivity contribution in [1.29, 1.82) is 0 Å². The molecule has 1 aromatic rings. The second kappa shape index (κ2) is 8.24. The molecule has 0 fully saturated rings. The minimum absolute atomic E-state index is 0.130. The number of hydrogen-bond acceptors (Lipinski definition) is 5. The molecule has 7 nitrogen and oxygen atoms in total. The highest BCUT2D eigenvalue weighted by Gasteiger charge is 2.28. The summed E-state index contributed by atoms with van der Waals surface area (Å²) >= 11 is 0. The van der Waals surface area contributed by atoms with Gasteiger partial charge in [-0.2, -0.15) is 0 Å². The lowest BCUT2D eigenvalue weighted by atomic mass is 10.2. The van der Waals surface area contributed by atoms with Gasteiger partial charge in [-0.05, 0) is 19.4 Å². The van der Waals surface area contributed by atoms with Gasteiger partial charge in [-0.25, -0.2) is 0 Å². The van der Waals surface area contributed by atoms with Crippen LogP contribution in [0.2, 0.25) is 0 Å². The van der Waals surface area contributed by atoms with Gasteiger partial charge in [0.2, 0.25) is 5.91 Å². The first kappa shape index (κ1) is 17.7. The van der Waals surface area contributed by atoms with E-state index in [1.54, 1.807) is 20.4 Å². The number of carbonyl (C=O) groups is 3. The van der Waals surface area contributed by atoms with Crippen molar-refractivity contribution < 1.29 is 19.1 Å². The summed E-state index contributed by atoms with van der Waals surface area (Å²) in [5.74, 6) is -1.24. The van der Waals surface area contributed by atoms with Crippen LogP contribution in [0.15, 0.2) is 35.3 Å². The monoisotopic (exact) mass is 330 g/mol. The molecular weight excluding hydrogens is 310 g/mol. The van der Waals surface area contributed by atoms with Crippen molar-refractivity contribution >= 4 is 23.5 Å². The van der Waals surface area contributed by atoms with Crippen molar-refractivity contribution in [2.75, 3.05) is 13.1 Å². The van der Waals surface area contributed by atoms with Crippen LogP contribution in [0.1, 0.15) is 19.4 Å². The van der Waals surface area contributed by atoms with E-state index in [4.69, 9.17) is 4.74 Å². The van der Waals surface area contributed by atoms with E-state index in [1.165, 1.54) is 4.90 Å². The SMILES string of the molecule is CC1=N[CH]C(C)N(CC(=O)NCC(=O)OCc2ccccc2)C1=O. The lowest BCUT2D eigenvalue weighted by Crippen LogP contribution is -2.50. The molecule has 7 heteroatoms. The minimum atomic E-state index is -0.533. The number of rotatable bonds is 6. The number of carbonyl (C=O) groups excluding carboxylic acids is 3. The zero-order valence-electron chi connectivity index (χ0n) is 13.7. The maximum atomic E-state index is 12.0. The quantitative estimate of drug-likeness (QED) is 0.778. The Morgan fingerprint density at radius 3 is 2.71 bits per heavy atom. The maximum absolute atomic E-state index is 12.0. The van der Waals surface area contributed by atoms with Crippen molar-refractivity contribution in [3.63, 3.8) is 0 Å². The number of esters is 1. The van der Waals surface area contributed by atoms with Crippen LogP contribution in [-0.4, -0.2) is 47.5 Å². The van der Waals surface area contributed by atoms with Crippen LogP contribution in [0.25, 0.3) is 0 Å². The predicted octanol–water partition coefficient (Wildman–Crippen LogP) is 0.699. The minimum Gasteiger partial charge on any atom is -0.460 e. The van der Waals surface area contributed by atoms with Gasteiger partial charge in [0.15, 0.2) is 0 Å². The maximum Gasteiger partial charge on any atom is 0.325 e. The topological polar surface area (TPSA) is 88.1 Å². The molecule has 1 unspecified atom stereocenters. The summed E-state index contributed by atoms with van der Waals surface area (Å²) in [5, 5.41) is 2.46. The first-order valence-corrected chi connectivity index (χ1v) is 7.62. The Balaban J connectivity index is 1.73. The van der Waals surface area contributed by atoms with E-state index in [0.717, 1.165) is 5.56 Å². The average molecular weight is 330 g/mol. The first-order valence-electron chi connectivity index (χ1n) is 7.62. The number of aliphatic imine (C=N–C) groups is 1. The van der Waals surface area contributed by atoms with Crippen molar-refractivity contribution in [3.05, 3.63) is 42.4 Å². The van der Waals surface area contributed by atoms with E-state index in [9.17, 15) is 14.4 Å². The molecule has 0 aliphatic carbocycles. The second-order valence-corrected chi connectivity index (χ2v) is 5.46. The Bertz CT molecular complexity index is 642. The molecule has 1 heterocycles. The van der Waals surface area contributed by atoms with Crippen molar-refractivity contribution in [1.82, 2.24) is 10.2 Å². The van der Waals surface area contributed by atoms with E-state index in [0.29, 0.717) is 5.71 Å². The molecule has 1 aromatic carbocycles. The first-order chi connectivity index (χ1) is 11.5. The average Bonchev–Trinajstić information content (AvgIpc) is 2.59. The summed E-state index contributed by atoms with van der Waals surface area (Å²) in [6.07, 6.45) is 0. The summed E-state index contributed by atoms with van der Waals surface area (Å²) < 4.78 is 5.07. The predicted molar refractivity (Wildman–Crippen MR) is 87.8 cm³/mol. The zero-order chi connectivity index (χ0) is 17.5. The lowest BCUT2D eigenvalue weighted by molar-refractivity contribution is -0.145. The summed E-state index contributed by atoms with van der Waals surface area (Å²) in [4.78, 5) is 40.9. The van der Waals surface area contributed by atoms with E-state index in [2.05, 4.69) is 10.3 Å². The zero-order valence-corrected chi connectivity index (χ0v) is 13.7. The molecule has 24 heavy (non-hydrogen) atoms. The van der Waals surface area contributed by atoms with Crippen molar-refractivity contribution in [2.24, 2.45) is 4.99 Å². The molecule has 0 bridgehead atoms. The van der Waals surface area contributed by atoms with Gasteiger partial charge in [-0.3, -0.25) is 19.4 Å². The normalized spacial score (nSPS) is 17.2. The fourth-order valence-electron chi connectivity index (χ4n) is 2.13. The van der Waals surface area contributed by atoms with Crippen LogP contribution < -0.4 is 5.32 Å². The van der Waals surface area contributed by atoms with E-state index >= 15 is 0 Å². The Kier molecular flexibility index (Phi) is 6.06. The van der Waals surface area contributed by atoms with Crippen LogP contribution in [0.4, 0.5) is 0 Å². The molecule has 2 amide bonds. The Hall–Kier alpha value is -2.70. The third kappa shape index (κ3) is 4.91. The third-order valence-electron chi connectivity index (χ3n) is 3.53. The number of ether oxygens (including phenoxy) is 1. The highest BCUT2D eigenvalue weighted by atomic mass is 16.5. The Labute approximate surface area is 140 Å². The molecule has 0 spiro atoms. The van der Waals surface area contributed by atoms with Gasteiger partial charge in [0.1, 0.15) is 19.7 Å². The molecule has 1 aliphatic rings. The summed E-state index contributed by atoms with van der Waals surface area (Å²) in [5.41, 5.74) is 1.21. The second-order valence-electron chi connectivity index (χ2n) is 5.46. The Morgan fingerprint density at radius 2 is 2.00 bits per heavy atom. The molecule has 127 valence electrons. The van der Waals surface area contributed by atoms with E-state index in [-0.39, 0.29) is 31.6 Å². The van der Waals surface area contributed by atoms with Crippen molar-refractivity contribution in [2.45, 2.75) is 26.5 Å². The van der Waals surface area contributed by atoms with Crippen molar-refractivity contribution in [3.8, 4) is 0 Å². The van der Waals surface area contributed by atoms with Gasteiger partial charge in [-0.15, -0.1) is 0 Å². The smallest absolute Gasteiger partial charge is 0.325 e. The number of amides is 2. The standard InChI is InChI=1S/C17H20N3O4/c1-12-8-18-13(2)17(23)20(12)10-15(21)19-9-16(22)24-11-14-6-4-3-5-7-14/h3-8,12H,9-11H2,1-2H3,(H,19,21). The van der Waals surface area contributed by atoms with Gasteiger partial charge in [-0.1, -0.05) is 30.3 Å². The molecule has 0 aromatic heterocycles. The fourth-order valence-corrected chi connectivity index (χ4v) is 2.13. The van der Waals surface area contributed by atoms with Crippen LogP contribution in [-0.2, 0) is 25.7 Å². The van der Waals surface area contributed by atoms with Gasteiger partial charge in [0.05, 0.1) is 18.3 Å². The van der Waals surface area contributed by atoms with E-state index in [1.807, 2.05) is 30.3 Å². The number of hydrogen-bond donors (Lipinski definition) is 1. The highest BCUT2D eigenvalue weighted by Crippen LogP contribution is 2.11. The Morgan fingerprint density at radius 1 is 1.29 bits per heavy atom. The fraction of sp³-hybridized carbons (Fsp3) is 0.353. The molecule has 1 N–H and O–H groups in total. The van der Waals surface area contributed by atoms with Gasteiger partial charge < -0.3 is 15.0 Å². The van der Waals surface area contributed by atoms with E-state index < -0.39 is 11.9 Å². The number of nitrogens with one attached hydrogen (secondary N) is 1. The number of benzene rings is 1. The summed E-state index contributed by atoms with van der Waals surface area (Å²) in [7, 11) is 0. The van der Waals surface area contributed by atoms with Crippen LogP contribution in [0.5, 0.6) is 0 Å². The number of nitrogens with zero attached hydrogens (tertiary/aromatic N) is 2. The van der Waals surface area contributed by atoms with Crippen LogP contribution in [0.3, 0.4) is 0 Å². The van der Waals surface area contributed by atoms with Gasteiger partial charge in [0, 0.05) is 0 Å². The largest absolute Gasteiger partial charge is 0.460 e. The highest BCUT2D eigenvalue weighted by molar-refractivity contribution is 6.38. The molecule has 1 aliphatic heterocycles. The lowest BCUT2D eigenvalue weighted by Gasteiger charge is -2.30. The third-order valence-corrected chi connectivity index (χ3v) is 3.53. The van der Waals surface area contributed by atoms with Crippen LogP contribution >= 0.6 is 0 Å². The summed E-state index contributed by atoms with van der Waals surface area (Å²) in [6, 6.07) is 8.99. The molecule has 0 saturated carbocycles. The molecule has 0 saturated heterocycles. The molecule has 1 radical (unpaired) electrons. The summed E-state index contributed by atoms with van der Waals surface area (Å²) in [6.45, 7) is 4.76. The van der Waals surface area contributed by atoms with Gasteiger partial charge >= 0.3 is 5.97 Å². The van der Waals surface area contributed by atoms with Crippen LogP contribution in [0, 0.1) is 6.54 Å². The molecule has 2 rings (SSSR count). The molecule has 1 atom stereocenters.